The van der Waals surface area contributed by atoms with Crippen molar-refractivity contribution >= 4 is 18.0 Å². The number of imide groups is 1. The summed E-state index contributed by atoms with van der Waals surface area (Å²) in [4.78, 5) is 25.4. The van der Waals surface area contributed by atoms with Crippen LogP contribution in [-0.4, -0.2) is 34.8 Å². The summed E-state index contributed by atoms with van der Waals surface area (Å²) < 4.78 is 5.34. The van der Waals surface area contributed by atoms with Crippen LogP contribution in [0.2, 0.25) is 0 Å². The molecule has 5 rings (SSSR count). The van der Waals surface area contributed by atoms with Gasteiger partial charge in [-0.2, -0.15) is 10.1 Å². The molecule has 25 heavy (non-hydrogen) atoms. The van der Waals surface area contributed by atoms with Crippen LogP contribution in [0.3, 0.4) is 0 Å². The molecule has 1 aromatic carbocycles. The van der Waals surface area contributed by atoms with Gasteiger partial charge in [0.25, 0.3) is 11.8 Å². The second-order valence-electron chi connectivity index (χ2n) is 6.73. The van der Waals surface area contributed by atoms with Crippen LogP contribution < -0.4 is 4.74 Å². The molecular weight excluding hydrogens is 320 g/mol. The Morgan fingerprint density at radius 1 is 1.20 bits per heavy atom. The van der Waals surface area contributed by atoms with Crippen molar-refractivity contribution in [3.8, 4) is 11.5 Å². The number of hydrazone groups is 1. The Kier molecular flexibility index (Phi) is 3.82. The number of phenols is 1. The van der Waals surface area contributed by atoms with E-state index in [-0.39, 0.29) is 41.2 Å². The Morgan fingerprint density at radius 3 is 2.40 bits per heavy atom. The van der Waals surface area contributed by atoms with Crippen molar-refractivity contribution in [2.75, 3.05) is 6.61 Å². The van der Waals surface area contributed by atoms with Crippen LogP contribution in [0.1, 0.15) is 25.3 Å². The van der Waals surface area contributed by atoms with Crippen LogP contribution >= 0.6 is 0 Å². The van der Waals surface area contributed by atoms with Crippen LogP contribution in [0, 0.1) is 23.7 Å². The molecule has 0 radical (unpaired) electrons. The normalized spacial score (nSPS) is 30.4. The van der Waals surface area contributed by atoms with Gasteiger partial charge in [-0.15, -0.1) is 0 Å². The van der Waals surface area contributed by atoms with Gasteiger partial charge in [-0.3, -0.25) is 9.59 Å². The van der Waals surface area contributed by atoms with E-state index >= 15 is 0 Å². The Bertz CT molecular complexity index is 754. The first kappa shape index (κ1) is 15.9. The lowest BCUT2D eigenvalue weighted by Gasteiger charge is -2.37. The minimum absolute atomic E-state index is 0.0426. The number of phenolic OH excluding ortho intramolecular Hbond substituents is 1. The van der Waals surface area contributed by atoms with Gasteiger partial charge in [0.05, 0.1) is 24.7 Å². The molecule has 0 spiro atoms. The number of carbonyl (C=O) groups excluding carboxylic acids is 2. The van der Waals surface area contributed by atoms with E-state index < -0.39 is 0 Å². The summed E-state index contributed by atoms with van der Waals surface area (Å²) in [6.45, 7) is 2.25. The number of fused-ring (bicyclic) bond motifs is 1. The molecule has 1 saturated heterocycles. The molecule has 1 saturated carbocycles. The van der Waals surface area contributed by atoms with Crippen molar-refractivity contribution in [2.24, 2.45) is 28.8 Å². The van der Waals surface area contributed by atoms with Crippen LogP contribution in [0.15, 0.2) is 35.5 Å². The van der Waals surface area contributed by atoms with Crippen LogP contribution in [-0.2, 0) is 9.59 Å². The van der Waals surface area contributed by atoms with E-state index in [1.807, 2.05) is 6.92 Å². The Hall–Kier alpha value is -2.63. The first-order valence-corrected chi connectivity index (χ1v) is 8.66. The lowest BCUT2D eigenvalue weighted by molar-refractivity contribution is -0.140. The van der Waals surface area contributed by atoms with Crippen molar-refractivity contribution in [3.63, 3.8) is 0 Å². The number of rotatable bonds is 4. The molecule has 6 heteroatoms. The summed E-state index contributed by atoms with van der Waals surface area (Å²) in [5.41, 5.74) is 0.651. The average molecular weight is 340 g/mol. The van der Waals surface area contributed by atoms with Gasteiger partial charge >= 0.3 is 0 Å². The standard InChI is InChI=1S/C19H20N2O4/c1-2-25-15-9-11(3-8-14(15)22)10-20-21-18(23)16-12-4-5-13(7-6-12)17(16)19(21)24/h3-5,8-10,12-13,16-17,22H,2,6-7H2,1H3/b20-10-/t12-,13-,16-,17-/m0/s1. The van der Waals surface area contributed by atoms with E-state index in [1.165, 1.54) is 12.3 Å². The Morgan fingerprint density at radius 2 is 1.84 bits per heavy atom. The second-order valence-corrected chi connectivity index (χ2v) is 6.73. The predicted octanol–water partition coefficient (Wildman–Crippen LogP) is 2.32. The van der Waals surface area contributed by atoms with E-state index in [9.17, 15) is 14.7 Å². The third-order valence-electron chi connectivity index (χ3n) is 5.34. The summed E-state index contributed by atoms with van der Waals surface area (Å²) in [6, 6.07) is 4.79. The van der Waals surface area contributed by atoms with E-state index in [2.05, 4.69) is 17.3 Å². The molecule has 0 aromatic heterocycles. The molecule has 3 aliphatic carbocycles. The van der Waals surface area contributed by atoms with Gasteiger partial charge in [0.15, 0.2) is 11.5 Å². The molecule has 130 valence electrons. The number of benzene rings is 1. The molecule has 4 atom stereocenters. The van der Waals surface area contributed by atoms with Crippen LogP contribution in [0.25, 0.3) is 0 Å². The molecule has 1 aromatic rings. The Labute approximate surface area is 145 Å². The van der Waals surface area contributed by atoms with Crippen LogP contribution in [0.5, 0.6) is 11.5 Å². The number of amides is 2. The molecular formula is C19H20N2O4. The molecule has 4 aliphatic rings. The zero-order valence-corrected chi connectivity index (χ0v) is 14.0. The summed E-state index contributed by atoms with van der Waals surface area (Å²) in [5, 5.41) is 14.9. The fraction of sp³-hybridized carbons (Fsp3) is 0.421. The van der Waals surface area contributed by atoms with E-state index in [4.69, 9.17) is 4.74 Å². The fourth-order valence-corrected chi connectivity index (χ4v) is 4.18. The number of aromatic hydroxyl groups is 1. The lowest BCUT2D eigenvalue weighted by Crippen LogP contribution is -2.38. The maximum Gasteiger partial charge on any atom is 0.254 e. The number of hydrogen-bond donors (Lipinski definition) is 1. The monoisotopic (exact) mass is 340 g/mol. The molecule has 2 amide bonds. The van der Waals surface area contributed by atoms with Crippen molar-refractivity contribution in [2.45, 2.75) is 19.8 Å². The van der Waals surface area contributed by atoms with Crippen LogP contribution in [0.4, 0.5) is 0 Å². The highest BCUT2D eigenvalue weighted by molar-refractivity contribution is 6.06. The minimum atomic E-state index is -0.257. The number of nitrogens with zero attached hydrogens (tertiary/aromatic N) is 2. The van der Waals surface area contributed by atoms with Gasteiger partial charge in [-0.05, 0) is 55.4 Å². The highest BCUT2D eigenvalue weighted by Gasteiger charge is 2.56. The van der Waals surface area contributed by atoms with E-state index in [0.717, 1.165) is 17.9 Å². The molecule has 1 heterocycles. The smallest absolute Gasteiger partial charge is 0.254 e. The fourth-order valence-electron chi connectivity index (χ4n) is 4.18. The van der Waals surface area contributed by atoms with Gasteiger partial charge in [-0.25, -0.2) is 0 Å². The Balaban J connectivity index is 1.57. The second kappa shape index (κ2) is 6.02. The first-order chi connectivity index (χ1) is 12.1. The summed E-state index contributed by atoms with van der Waals surface area (Å²) >= 11 is 0. The summed E-state index contributed by atoms with van der Waals surface area (Å²) in [6.07, 6.45) is 7.57. The van der Waals surface area contributed by atoms with Gasteiger partial charge in [-0.1, -0.05) is 12.2 Å². The molecule has 1 aliphatic heterocycles. The van der Waals surface area contributed by atoms with E-state index in [1.54, 1.807) is 12.1 Å². The third-order valence-corrected chi connectivity index (χ3v) is 5.34. The molecule has 6 nitrogen and oxygen atoms in total. The highest BCUT2D eigenvalue weighted by Crippen LogP contribution is 2.49. The van der Waals surface area contributed by atoms with Gasteiger partial charge in [0, 0.05) is 0 Å². The van der Waals surface area contributed by atoms with Crippen molar-refractivity contribution < 1.29 is 19.4 Å². The number of allylic oxidation sites excluding steroid dienone is 2. The largest absolute Gasteiger partial charge is 0.504 e. The first-order valence-electron chi connectivity index (χ1n) is 8.66. The number of ether oxygens (including phenoxy) is 1. The van der Waals surface area contributed by atoms with Crippen molar-refractivity contribution in [1.29, 1.82) is 0 Å². The molecule has 1 N–H and O–H groups in total. The van der Waals surface area contributed by atoms with Crippen molar-refractivity contribution in [1.82, 2.24) is 5.01 Å². The SMILES string of the molecule is CCOc1cc(/C=N\N2C(=O)[C@@H]3[C@@H](C2=O)[C@H]2C=C[C@H]3CC2)ccc1O. The summed E-state index contributed by atoms with van der Waals surface area (Å²) in [5.74, 6) is -0.209. The average Bonchev–Trinajstić information content (AvgIpc) is 2.90. The molecule has 2 fully saturated rings. The predicted molar refractivity (Wildman–Crippen MR) is 91.1 cm³/mol. The van der Waals surface area contributed by atoms with Gasteiger partial charge in [0.2, 0.25) is 0 Å². The zero-order chi connectivity index (χ0) is 17.6. The zero-order valence-electron chi connectivity index (χ0n) is 14.0. The van der Waals surface area contributed by atoms with Gasteiger partial charge < -0.3 is 9.84 Å². The maximum atomic E-state index is 12.7. The molecule has 2 bridgehead atoms. The minimum Gasteiger partial charge on any atom is -0.504 e. The lowest BCUT2D eigenvalue weighted by atomic mass is 9.63. The highest BCUT2D eigenvalue weighted by atomic mass is 16.5. The quantitative estimate of drug-likeness (QED) is 0.518. The third kappa shape index (κ3) is 2.52. The maximum absolute atomic E-state index is 12.7. The molecule has 0 unspecified atom stereocenters. The van der Waals surface area contributed by atoms with Gasteiger partial charge in [0.1, 0.15) is 0 Å². The summed E-state index contributed by atoms with van der Waals surface area (Å²) in [7, 11) is 0. The topological polar surface area (TPSA) is 79.2 Å². The van der Waals surface area contributed by atoms with E-state index in [0.29, 0.717) is 17.9 Å². The van der Waals surface area contributed by atoms with Crippen molar-refractivity contribution in [3.05, 3.63) is 35.9 Å². The number of carbonyl (C=O) groups is 2. The number of hydrogen-bond acceptors (Lipinski definition) is 5.